The molecule has 0 spiro atoms. The molecule has 1 heterocycles. The van der Waals surface area contributed by atoms with E-state index in [1.165, 1.54) is 13.2 Å². The number of carbonyl (C=O) groups is 1. The highest BCUT2D eigenvalue weighted by Gasteiger charge is 2.41. The second-order valence-corrected chi connectivity index (χ2v) is 5.95. The van der Waals surface area contributed by atoms with Crippen LogP contribution in [-0.4, -0.2) is 37.2 Å². The van der Waals surface area contributed by atoms with E-state index in [4.69, 9.17) is 9.47 Å². The van der Waals surface area contributed by atoms with E-state index < -0.39 is 24.8 Å². The van der Waals surface area contributed by atoms with Crippen LogP contribution in [-0.2, 0) is 0 Å². The number of rotatable bonds is 5. The fourth-order valence-electron chi connectivity index (χ4n) is 3.13. The third-order valence-electron chi connectivity index (χ3n) is 4.18. The predicted molar refractivity (Wildman–Crippen MR) is 94.1 cm³/mol. The van der Waals surface area contributed by atoms with Gasteiger partial charge in [-0.3, -0.25) is 4.79 Å². The molecule has 27 heavy (non-hydrogen) atoms. The van der Waals surface area contributed by atoms with Crippen LogP contribution in [0.1, 0.15) is 29.0 Å². The number of hydrogen-bond acceptors (Lipinski definition) is 4. The Morgan fingerprint density at radius 1 is 1.15 bits per heavy atom. The van der Waals surface area contributed by atoms with Crippen LogP contribution < -0.4 is 14.8 Å². The van der Waals surface area contributed by atoms with E-state index in [0.29, 0.717) is 23.6 Å². The highest BCUT2D eigenvalue weighted by atomic mass is 19.4. The summed E-state index contributed by atoms with van der Waals surface area (Å²) in [5.41, 5.74) is 1.04. The lowest BCUT2D eigenvalue weighted by Crippen LogP contribution is -2.47. The molecule has 0 saturated carbocycles. The van der Waals surface area contributed by atoms with Crippen molar-refractivity contribution < 1.29 is 27.4 Å². The maximum atomic E-state index is 13.2. The van der Waals surface area contributed by atoms with E-state index in [2.05, 4.69) is 5.32 Å². The number of nitrogens with zero attached hydrogens (tertiary/aromatic N) is 1. The molecule has 1 N–H and O–H groups in total. The average Bonchev–Trinajstić information content (AvgIpc) is 2.63. The lowest BCUT2D eigenvalue weighted by Gasteiger charge is -2.39. The van der Waals surface area contributed by atoms with E-state index in [-0.39, 0.29) is 11.3 Å². The van der Waals surface area contributed by atoms with Crippen molar-refractivity contribution in [3.05, 3.63) is 53.6 Å². The quantitative estimate of drug-likeness (QED) is 0.844. The van der Waals surface area contributed by atoms with Crippen LogP contribution in [0.15, 0.2) is 42.5 Å². The number of ether oxygens (including phenoxy) is 2. The average molecular weight is 380 g/mol. The molecule has 0 aliphatic carbocycles. The standard InChI is InChI=1S/C19H19F3N2O3/c1-3-27-15-10-6-8-13(16(15)26-2)17-23-14-9-5-4-7-12(14)18(25)24(17)11-19(20,21)22/h4-10,17,23H,3,11H2,1-2H3. The Balaban J connectivity index is 2.11. The first-order chi connectivity index (χ1) is 12.9. The molecule has 0 bridgehead atoms. The summed E-state index contributed by atoms with van der Waals surface area (Å²) < 4.78 is 50.5. The third-order valence-corrected chi connectivity index (χ3v) is 4.18. The van der Waals surface area contributed by atoms with Crippen molar-refractivity contribution in [2.24, 2.45) is 0 Å². The van der Waals surface area contributed by atoms with E-state index in [9.17, 15) is 18.0 Å². The molecule has 0 aromatic heterocycles. The molecular formula is C19H19F3N2O3. The van der Waals surface area contributed by atoms with Crippen molar-refractivity contribution in [2.75, 3.05) is 25.6 Å². The number of halogens is 3. The number of hydrogen-bond donors (Lipinski definition) is 1. The van der Waals surface area contributed by atoms with E-state index in [0.717, 1.165) is 4.90 Å². The topological polar surface area (TPSA) is 50.8 Å². The minimum absolute atomic E-state index is 0.193. The minimum atomic E-state index is -4.55. The van der Waals surface area contributed by atoms with Crippen LogP contribution in [0.25, 0.3) is 0 Å². The van der Waals surface area contributed by atoms with E-state index >= 15 is 0 Å². The van der Waals surface area contributed by atoms with Crippen LogP contribution in [0.3, 0.4) is 0 Å². The molecule has 5 nitrogen and oxygen atoms in total. The molecule has 0 saturated heterocycles. The molecular weight excluding hydrogens is 361 g/mol. The van der Waals surface area contributed by atoms with Crippen LogP contribution in [0.5, 0.6) is 11.5 Å². The Bertz CT molecular complexity index is 839. The predicted octanol–water partition coefficient (Wildman–Crippen LogP) is 4.22. The second kappa shape index (κ2) is 7.38. The normalized spacial score (nSPS) is 16.6. The van der Waals surface area contributed by atoms with Gasteiger partial charge in [-0.05, 0) is 25.1 Å². The summed E-state index contributed by atoms with van der Waals surface area (Å²) in [4.78, 5) is 13.6. The SMILES string of the molecule is CCOc1cccc(C2Nc3ccccc3C(=O)N2CC(F)(F)F)c1OC. The van der Waals surface area contributed by atoms with Crippen molar-refractivity contribution in [1.82, 2.24) is 4.90 Å². The van der Waals surface area contributed by atoms with E-state index in [1.807, 2.05) is 0 Å². The molecule has 0 radical (unpaired) electrons. The van der Waals surface area contributed by atoms with Crippen LogP contribution in [0.2, 0.25) is 0 Å². The number of benzene rings is 2. The first-order valence-corrected chi connectivity index (χ1v) is 8.38. The van der Waals surface area contributed by atoms with Crippen molar-refractivity contribution in [2.45, 2.75) is 19.3 Å². The van der Waals surface area contributed by atoms with Gasteiger partial charge < -0.3 is 19.7 Å². The number of anilines is 1. The molecule has 1 atom stereocenters. The fourth-order valence-corrected chi connectivity index (χ4v) is 3.13. The highest BCUT2D eigenvalue weighted by Crippen LogP contribution is 2.41. The van der Waals surface area contributed by atoms with Gasteiger partial charge in [0.05, 0.1) is 19.3 Å². The maximum Gasteiger partial charge on any atom is 0.406 e. The summed E-state index contributed by atoms with van der Waals surface area (Å²) in [5.74, 6) is -0.00990. The Hall–Kier alpha value is -2.90. The monoisotopic (exact) mass is 380 g/mol. The molecule has 0 fully saturated rings. The number of fused-ring (bicyclic) bond motifs is 1. The molecule has 2 aromatic carbocycles. The zero-order chi connectivity index (χ0) is 19.6. The zero-order valence-corrected chi connectivity index (χ0v) is 14.8. The number of para-hydroxylation sites is 2. The van der Waals surface area contributed by atoms with E-state index in [1.54, 1.807) is 43.3 Å². The zero-order valence-electron chi connectivity index (χ0n) is 14.8. The van der Waals surface area contributed by atoms with Gasteiger partial charge in [0.25, 0.3) is 5.91 Å². The van der Waals surface area contributed by atoms with Crippen molar-refractivity contribution in [3.8, 4) is 11.5 Å². The maximum absolute atomic E-state index is 13.2. The summed E-state index contributed by atoms with van der Waals surface area (Å²) in [6, 6.07) is 11.4. The molecule has 1 aliphatic heterocycles. The Morgan fingerprint density at radius 2 is 1.89 bits per heavy atom. The van der Waals surface area contributed by atoms with Gasteiger partial charge in [-0.2, -0.15) is 13.2 Å². The van der Waals surface area contributed by atoms with Crippen LogP contribution in [0, 0.1) is 0 Å². The van der Waals surface area contributed by atoms with Crippen LogP contribution >= 0.6 is 0 Å². The van der Waals surface area contributed by atoms with Gasteiger partial charge in [0.2, 0.25) is 0 Å². The number of carbonyl (C=O) groups excluding carboxylic acids is 1. The summed E-state index contributed by atoms with van der Waals surface area (Å²) >= 11 is 0. The Labute approximate surface area is 154 Å². The van der Waals surface area contributed by atoms with Gasteiger partial charge in [-0.15, -0.1) is 0 Å². The molecule has 2 aromatic rings. The van der Waals surface area contributed by atoms with Gasteiger partial charge in [0.15, 0.2) is 11.5 Å². The van der Waals surface area contributed by atoms with Crippen molar-refractivity contribution >= 4 is 11.6 Å². The van der Waals surface area contributed by atoms with Gasteiger partial charge in [0.1, 0.15) is 12.7 Å². The number of nitrogens with one attached hydrogen (secondary N) is 1. The van der Waals surface area contributed by atoms with Crippen molar-refractivity contribution in [3.63, 3.8) is 0 Å². The first kappa shape index (κ1) is 18.9. The van der Waals surface area contributed by atoms with Gasteiger partial charge >= 0.3 is 6.18 Å². The third kappa shape index (κ3) is 3.79. The summed E-state index contributed by atoms with van der Waals surface area (Å²) in [5, 5.41) is 3.03. The molecule has 1 amide bonds. The molecule has 144 valence electrons. The molecule has 8 heteroatoms. The Kier molecular flexibility index (Phi) is 5.16. The largest absolute Gasteiger partial charge is 0.492 e. The van der Waals surface area contributed by atoms with Crippen molar-refractivity contribution in [1.29, 1.82) is 0 Å². The second-order valence-electron chi connectivity index (χ2n) is 5.95. The molecule has 3 rings (SSSR count). The highest BCUT2D eigenvalue weighted by molar-refractivity contribution is 6.01. The summed E-state index contributed by atoms with van der Waals surface area (Å²) in [7, 11) is 1.41. The molecule has 1 aliphatic rings. The lowest BCUT2D eigenvalue weighted by molar-refractivity contribution is -0.144. The van der Waals surface area contributed by atoms with Gasteiger partial charge in [-0.25, -0.2) is 0 Å². The van der Waals surface area contributed by atoms with Gasteiger partial charge in [0, 0.05) is 11.3 Å². The number of methoxy groups -OCH3 is 1. The first-order valence-electron chi connectivity index (χ1n) is 8.38. The number of amides is 1. The smallest absolute Gasteiger partial charge is 0.406 e. The van der Waals surface area contributed by atoms with Gasteiger partial charge in [-0.1, -0.05) is 24.3 Å². The summed E-state index contributed by atoms with van der Waals surface area (Å²) in [6.07, 6.45) is -5.60. The minimum Gasteiger partial charge on any atom is -0.492 e. The Morgan fingerprint density at radius 3 is 2.56 bits per heavy atom. The number of alkyl halides is 3. The van der Waals surface area contributed by atoms with Crippen LogP contribution in [0.4, 0.5) is 18.9 Å². The lowest BCUT2D eigenvalue weighted by atomic mass is 10.0. The molecule has 1 unspecified atom stereocenters. The fraction of sp³-hybridized carbons (Fsp3) is 0.316. The summed E-state index contributed by atoms with van der Waals surface area (Å²) in [6.45, 7) is 0.770.